The highest BCUT2D eigenvalue weighted by molar-refractivity contribution is 7.53. The number of hydrogen-bond acceptors (Lipinski definition) is 8. The van der Waals surface area contributed by atoms with E-state index in [-0.39, 0.29) is 37.5 Å². The number of hydrogen-bond donors (Lipinski definition) is 1. The number of aromatic nitrogens is 2. The van der Waals surface area contributed by atoms with Crippen LogP contribution in [0.4, 0.5) is 5.82 Å². The molecule has 0 aliphatic carbocycles. The van der Waals surface area contributed by atoms with Crippen LogP contribution in [-0.4, -0.2) is 40.8 Å². The zero-order chi connectivity index (χ0) is 19.7. The number of azide groups is 1. The van der Waals surface area contributed by atoms with Crippen molar-refractivity contribution < 1.29 is 18.3 Å². The largest absolute Gasteiger partial charge is 0.383 e. The molecule has 1 aromatic rings. The predicted molar refractivity (Wildman–Crippen MR) is 96.7 cm³/mol. The number of rotatable bonds is 11. The normalized spacial score (nSPS) is 13.0. The van der Waals surface area contributed by atoms with Crippen LogP contribution < -0.4 is 11.4 Å². The molecule has 11 nitrogen and oxygen atoms in total. The smallest absolute Gasteiger partial charge is 0.356 e. The lowest BCUT2D eigenvalue weighted by Crippen LogP contribution is -2.32. The summed E-state index contributed by atoms with van der Waals surface area (Å²) in [6.07, 6.45) is -0.280. The van der Waals surface area contributed by atoms with Gasteiger partial charge in [-0.15, -0.1) is 0 Å². The van der Waals surface area contributed by atoms with Crippen molar-refractivity contribution in [1.29, 1.82) is 0 Å². The molecule has 0 amide bonds. The molecule has 0 aliphatic heterocycles. The van der Waals surface area contributed by atoms with Crippen LogP contribution in [0.15, 0.2) is 22.2 Å². The van der Waals surface area contributed by atoms with Crippen molar-refractivity contribution in [2.75, 3.05) is 18.6 Å². The van der Waals surface area contributed by atoms with Crippen molar-refractivity contribution in [3.63, 3.8) is 0 Å². The summed E-state index contributed by atoms with van der Waals surface area (Å²) in [5.41, 5.74) is 13.4. The number of anilines is 1. The second-order valence-electron chi connectivity index (χ2n) is 6.04. The van der Waals surface area contributed by atoms with E-state index in [1.54, 1.807) is 27.7 Å². The average Bonchev–Trinajstić information content (AvgIpc) is 2.50. The lowest BCUT2D eigenvalue weighted by atomic mass is 10.3. The zero-order valence-electron chi connectivity index (χ0n) is 15.3. The molecule has 0 saturated heterocycles. The summed E-state index contributed by atoms with van der Waals surface area (Å²) in [5, 5.41) is 3.46. The van der Waals surface area contributed by atoms with E-state index in [0.29, 0.717) is 0 Å². The van der Waals surface area contributed by atoms with Crippen molar-refractivity contribution in [2.24, 2.45) is 5.11 Å². The number of nitrogen functional groups attached to an aromatic ring is 1. The fourth-order valence-electron chi connectivity index (χ4n) is 2.02. The van der Waals surface area contributed by atoms with Crippen LogP contribution in [0.1, 0.15) is 27.7 Å². The van der Waals surface area contributed by atoms with Crippen LogP contribution in [0.3, 0.4) is 0 Å². The van der Waals surface area contributed by atoms with E-state index in [1.165, 1.54) is 16.8 Å². The minimum atomic E-state index is -3.52. The van der Waals surface area contributed by atoms with Crippen LogP contribution >= 0.6 is 7.60 Å². The van der Waals surface area contributed by atoms with Gasteiger partial charge in [0.2, 0.25) is 0 Å². The fraction of sp³-hybridized carbons (Fsp3) is 0.714. The molecule has 0 radical (unpaired) electrons. The van der Waals surface area contributed by atoms with Gasteiger partial charge in [0.05, 0.1) is 31.4 Å². The highest BCUT2D eigenvalue weighted by Gasteiger charge is 2.29. The van der Waals surface area contributed by atoms with E-state index >= 15 is 0 Å². The van der Waals surface area contributed by atoms with Gasteiger partial charge in [-0.2, -0.15) is 4.98 Å². The highest BCUT2D eigenvalue weighted by atomic mass is 31.2. The highest BCUT2D eigenvalue weighted by Crippen LogP contribution is 2.50. The summed E-state index contributed by atoms with van der Waals surface area (Å²) in [6, 6.07) is 1.46. The van der Waals surface area contributed by atoms with Crippen molar-refractivity contribution in [1.82, 2.24) is 9.55 Å². The van der Waals surface area contributed by atoms with E-state index in [1.807, 2.05) is 0 Å². The molecule has 1 aromatic heterocycles. The topological polar surface area (TPSA) is 154 Å². The van der Waals surface area contributed by atoms with Gasteiger partial charge < -0.3 is 19.5 Å². The van der Waals surface area contributed by atoms with E-state index in [9.17, 15) is 9.36 Å². The summed E-state index contributed by atoms with van der Waals surface area (Å²) < 4.78 is 30.5. The van der Waals surface area contributed by atoms with Crippen LogP contribution in [0.5, 0.6) is 0 Å². The molecular formula is C14H25N6O5P. The summed E-state index contributed by atoms with van der Waals surface area (Å²) >= 11 is 0. The van der Waals surface area contributed by atoms with E-state index < -0.39 is 19.4 Å². The van der Waals surface area contributed by atoms with Crippen LogP contribution in [-0.2, 0) is 24.9 Å². The lowest BCUT2D eigenvalue weighted by molar-refractivity contribution is 0.0485. The first-order valence-corrected chi connectivity index (χ1v) is 9.79. The van der Waals surface area contributed by atoms with Gasteiger partial charge in [-0.1, -0.05) is 5.11 Å². The van der Waals surface area contributed by atoms with Gasteiger partial charge in [-0.25, -0.2) is 4.79 Å². The Bertz CT molecular complexity index is 717. The molecular weight excluding hydrogens is 363 g/mol. The molecule has 1 rings (SSSR count). The standard InChI is InChI=1S/C14H25N6O5P/c1-10(2)24-26(22,25-11(3)4)9-23-12(7-17-19-16)8-20-6-5-13(15)18-14(20)21/h5-6,10-12H,7-9H2,1-4H3,(H2,15,18,21)/t12-/m1/s1. The molecule has 2 N–H and O–H groups in total. The fourth-order valence-corrected chi connectivity index (χ4v) is 3.87. The average molecular weight is 388 g/mol. The number of nitrogens with two attached hydrogens (primary N) is 1. The molecule has 26 heavy (non-hydrogen) atoms. The maximum Gasteiger partial charge on any atom is 0.356 e. The van der Waals surface area contributed by atoms with Gasteiger partial charge in [0.25, 0.3) is 0 Å². The zero-order valence-corrected chi connectivity index (χ0v) is 16.2. The Morgan fingerprint density at radius 2 is 1.96 bits per heavy atom. The molecule has 1 atom stereocenters. The minimum Gasteiger partial charge on any atom is -0.383 e. The molecule has 0 bridgehead atoms. The molecule has 0 aromatic carbocycles. The SMILES string of the molecule is CC(C)OP(=O)(CO[C@H](CN=[N+]=[N-])Cn1ccc(N)nc1=O)OC(C)C. The first-order valence-electron chi connectivity index (χ1n) is 8.06. The predicted octanol–water partition coefficient (Wildman–Crippen LogP) is 2.52. The lowest BCUT2D eigenvalue weighted by Gasteiger charge is -2.25. The molecule has 0 aliphatic rings. The molecule has 146 valence electrons. The third-order valence-corrected chi connectivity index (χ3v) is 4.81. The number of nitrogens with zero attached hydrogens (tertiary/aromatic N) is 5. The second-order valence-corrected chi connectivity index (χ2v) is 7.94. The van der Waals surface area contributed by atoms with E-state index in [0.717, 1.165) is 0 Å². The molecule has 1 heterocycles. The Hall–Kier alpha value is -1.90. The molecule has 0 spiro atoms. The van der Waals surface area contributed by atoms with Gasteiger partial charge in [-0.3, -0.25) is 9.13 Å². The Morgan fingerprint density at radius 1 is 1.35 bits per heavy atom. The van der Waals surface area contributed by atoms with Gasteiger partial charge >= 0.3 is 13.3 Å². The maximum absolute atomic E-state index is 12.8. The Morgan fingerprint density at radius 3 is 2.46 bits per heavy atom. The van der Waals surface area contributed by atoms with Crippen molar-refractivity contribution in [2.45, 2.75) is 52.6 Å². The minimum absolute atomic E-state index is 0.0362. The summed E-state index contributed by atoms with van der Waals surface area (Å²) in [7, 11) is -3.52. The molecule has 0 fully saturated rings. The van der Waals surface area contributed by atoms with Gasteiger partial charge in [0.15, 0.2) is 0 Å². The van der Waals surface area contributed by atoms with E-state index in [4.69, 9.17) is 25.0 Å². The summed E-state index contributed by atoms with van der Waals surface area (Å²) in [5.74, 6) is 0.0962. The first kappa shape index (κ1) is 22.1. The van der Waals surface area contributed by atoms with Crippen LogP contribution in [0.25, 0.3) is 10.4 Å². The Balaban J connectivity index is 2.89. The van der Waals surface area contributed by atoms with Crippen molar-refractivity contribution in [3.05, 3.63) is 33.2 Å². The van der Waals surface area contributed by atoms with Crippen molar-refractivity contribution in [3.8, 4) is 0 Å². The van der Waals surface area contributed by atoms with Gasteiger partial charge in [0.1, 0.15) is 12.2 Å². The van der Waals surface area contributed by atoms with Gasteiger partial charge in [0, 0.05) is 11.1 Å². The van der Waals surface area contributed by atoms with E-state index in [2.05, 4.69) is 15.0 Å². The summed E-state index contributed by atoms with van der Waals surface area (Å²) in [6.45, 7) is 6.88. The third kappa shape index (κ3) is 7.99. The first-order chi connectivity index (χ1) is 12.1. The maximum atomic E-state index is 12.8. The molecule has 0 unspecified atom stereocenters. The Kier molecular flexibility index (Phi) is 8.77. The Labute approximate surface area is 151 Å². The monoisotopic (exact) mass is 388 g/mol. The number of ether oxygens (including phenoxy) is 1. The van der Waals surface area contributed by atoms with Crippen molar-refractivity contribution >= 4 is 13.4 Å². The van der Waals surface area contributed by atoms with Crippen LogP contribution in [0, 0.1) is 0 Å². The third-order valence-electron chi connectivity index (χ3n) is 2.86. The molecule has 12 heteroatoms. The quantitative estimate of drug-likeness (QED) is 0.264. The van der Waals surface area contributed by atoms with Gasteiger partial charge in [-0.05, 0) is 39.3 Å². The summed E-state index contributed by atoms with van der Waals surface area (Å²) in [4.78, 5) is 18.2. The second kappa shape index (κ2) is 10.3. The molecule has 0 saturated carbocycles. The van der Waals surface area contributed by atoms with Crippen LogP contribution in [0.2, 0.25) is 0 Å².